The molecule has 7 heteroatoms. The maximum atomic E-state index is 12.9. The smallest absolute Gasteiger partial charge is 0.251 e. The third-order valence-electron chi connectivity index (χ3n) is 5.23. The molecule has 148 valence electrons. The van der Waals surface area contributed by atoms with Crippen LogP contribution in [0.15, 0.2) is 61.2 Å². The Kier molecular flexibility index (Phi) is 5.37. The topological polar surface area (TPSA) is 88.5 Å². The van der Waals surface area contributed by atoms with E-state index < -0.39 is 0 Å². The number of carbonyl (C=O) groups is 1. The molecule has 4 rings (SSSR count). The number of aromatic nitrogens is 5. The fourth-order valence-electron chi connectivity index (χ4n) is 3.32. The second kappa shape index (κ2) is 8.26. The molecule has 0 aliphatic heterocycles. The molecule has 0 radical (unpaired) electrons. The first-order chi connectivity index (χ1) is 14.1. The van der Waals surface area contributed by atoms with E-state index in [9.17, 15) is 4.79 Å². The standard InChI is InChI=1S/C22H24N6O/c1-3-15(2)20(21-25-18-6-4-5-7-19(18)26-21)27-22(29)17-10-8-16(9-11-17)12-28-14-23-13-24-28/h4-11,13-15,20H,3,12H2,1-2H3,(H,25,26)(H,27,29). The number of para-hydroxylation sites is 2. The van der Waals surface area contributed by atoms with Crippen LogP contribution in [0.5, 0.6) is 0 Å². The van der Waals surface area contributed by atoms with E-state index >= 15 is 0 Å². The van der Waals surface area contributed by atoms with E-state index in [1.165, 1.54) is 6.33 Å². The predicted molar refractivity (Wildman–Crippen MR) is 111 cm³/mol. The van der Waals surface area contributed by atoms with Crippen LogP contribution in [-0.2, 0) is 6.54 Å². The molecule has 29 heavy (non-hydrogen) atoms. The molecule has 2 atom stereocenters. The molecule has 2 aromatic heterocycles. The van der Waals surface area contributed by atoms with Gasteiger partial charge in [-0.1, -0.05) is 44.5 Å². The number of hydrogen-bond acceptors (Lipinski definition) is 4. The van der Waals surface area contributed by atoms with Crippen LogP contribution in [0.25, 0.3) is 11.0 Å². The summed E-state index contributed by atoms with van der Waals surface area (Å²) in [6.45, 7) is 4.86. The summed E-state index contributed by atoms with van der Waals surface area (Å²) in [7, 11) is 0. The first kappa shape index (κ1) is 18.9. The highest BCUT2D eigenvalue weighted by Crippen LogP contribution is 2.25. The average molecular weight is 388 g/mol. The summed E-state index contributed by atoms with van der Waals surface area (Å²) in [6.07, 6.45) is 4.11. The van der Waals surface area contributed by atoms with E-state index in [1.54, 1.807) is 11.0 Å². The third-order valence-corrected chi connectivity index (χ3v) is 5.23. The Labute approximate surface area is 169 Å². The van der Waals surface area contributed by atoms with E-state index in [2.05, 4.69) is 34.2 Å². The van der Waals surface area contributed by atoms with Gasteiger partial charge in [-0.2, -0.15) is 5.10 Å². The van der Waals surface area contributed by atoms with Crippen LogP contribution in [0.4, 0.5) is 0 Å². The van der Waals surface area contributed by atoms with E-state index in [1.807, 2.05) is 48.5 Å². The Morgan fingerprint density at radius 2 is 1.97 bits per heavy atom. The second-order valence-electron chi connectivity index (χ2n) is 7.27. The SMILES string of the molecule is CCC(C)C(NC(=O)c1ccc(Cn2cncn2)cc1)c1nc2ccccc2[nH]1. The van der Waals surface area contributed by atoms with Gasteiger partial charge in [0.25, 0.3) is 5.91 Å². The lowest BCUT2D eigenvalue weighted by Crippen LogP contribution is -2.33. The fraction of sp³-hybridized carbons (Fsp3) is 0.273. The van der Waals surface area contributed by atoms with Gasteiger partial charge in [-0.15, -0.1) is 0 Å². The molecule has 2 N–H and O–H groups in total. The fourth-order valence-corrected chi connectivity index (χ4v) is 3.32. The number of nitrogens with zero attached hydrogens (tertiary/aromatic N) is 4. The Balaban J connectivity index is 1.51. The molecule has 0 saturated carbocycles. The van der Waals surface area contributed by atoms with Gasteiger partial charge in [-0.3, -0.25) is 4.79 Å². The largest absolute Gasteiger partial charge is 0.342 e. The van der Waals surface area contributed by atoms with Gasteiger partial charge < -0.3 is 10.3 Å². The Bertz CT molecular complexity index is 1050. The van der Waals surface area contributed by atoms with Gasteiger partial charge in [0.05, 0.1) is 23.6 Å². The zero-order valence-electron chi connectivity index (χ0n) is 16.5. The van der Waals surface area contributed by atoms with Gasteiger partial charge in [-0.05, 0) is 35.7 Å². The number of imidazole rings is 1. The normalized spacial score (nSPS) is 13.3. The third kappa shape index (κ3) is 4.18. The molecule has 4 aromatic rings. The molecule has 1 amide bonds. The van der Waals surface area contributed by atoms with Crippen molar-refractivity contribution in [2.75, 3.05) is 0 Å². The molecule has 0 bridgehead atoms. The summed E-state index contributed by atoms with van der Waals surface area (Å²) in [5.41, 5.74) is 3.56. The summed E-state index contributed by atoms with van der Waals surface area (Å²) >= 11 is 0. The van der Waals surface area contributed by atoms with Crippen LogP contribution in [0.1, 0.15) is 48.1 Å². The van der Waals surface area contributed by atoms with Gasteiger partial charge in [0, 0.05) is 5.56 Å². The number of nitrogens with one attached hydrogen (secondary N) is 2. The maximum absolute atomic E-state index is 12.9. The molecule has 7 nitrogen and oxygen atoms in total. The number of amides is 1. The Hall–Kier alpha value is -3.48. The second-order valence-corrected chi connectivity index (χ2v) is 7.27. The van der Waals surface area contributed by atoms with E-state index in [-0.39, 0.29) is 17.9 Å². The van der Waals surface area contributed by atoms with Gasteiger partial charge >= 0.3 is 0 Å². The number of benzene rings is 2. The van der Waals surface area contributed by atoms with Crippen LogP contribution in [0, 0.1) is 5.92 Å². The minimum Gasteiger partial charge on any atom is -0.342 e. The molecule has 2 aromatic carbocycles. The summed E-state index contributed by atoms with van der Waals surface area (Å²) in [6, 6.07) is 15.3. The molecule has 0 aliphatic carbocycles. The maximum Gasteiger partial charge on any atom is 0.251 e. The van der Waals surface area contributed by atoms with E-state index in [0.29, 0.717) is 12.1 Å². The molecule has 0 saturated heterocycles. The van der Waals surface area contributed by atoms with Gasteiger partial charge in [0.1, 0.15) is 18.5 Å². The Morgan fingerprint density at radius 1 is 1.17 bits per heavy atom. The molecule has 0 fully saturated rings. The van der Waals surface area contributed by atoms with Gasteiger partial charge in [-0.25, -0.2) is 14.6 Å². The zero-order chi connectivity index (χ0) is 20.2. The molecular weight excluding hydrogens is 364 g/mol. The zero-order valence-corrected chi connectivity index (χ0v) is 16.5. The lowest BCUT2D eigenvalue weighted by Gasteiger charge is -2.22. The number of H-pyrrole nitrogens is 1. The molecule has 2 unspecified atom stereocenters. The highest BCUT2D eigenvalue weighted by Gasteiger charge is 2.24. The van der Waals surface area contributed by atoms with E-state index in [0.717, 1.165) is 28.8 Å². The number of aromatic amines is 1. The quantitative estimate of drug-likeness (QED) is 0.505. The van der Waals surface area contributed by atoms with Crippen LogP contribution in [0.3, 0.4) is 0 Å². The molecule has 0 spiro atoms. The number of carbonyl (C=O) groups excluding carboxylic acids is 1. The van der Waals surface area contributed by atoms with Crippen LogP contribution in [0.2, 0.25) is 0 Å². The van der Waals surface area contributed by atoms with Crippen molar-refractivity contribution in [3.63, 3.8) is 0 Å². The first-order valence-electron chi connectivity index (χ1n) is 9.81. The predicted octanol–water partition coefficient (Wildman–Crippen LogP) is 3.72. The number of fused-ring (bicyclic) bond motifs is 1. The van der Waals surface area contributed by atoms with Crippen molar-refractivity contribution < 1.29 is 4.79 Å². The first-order valence-corrected chi connectivity index (χ1v) is 9.81. The molecule has 2 heterocycles. The highest BCUT2D eigenvalue weighted by atomic mass is 16.1. The summed E-state index contributed by atoms with van der Waals surface area (Å²) in [4.78, 5) is 24.9. The number of hydrogen-bond donors (Lipinski definition) is 2. The average Bonchev–Trinajstić information content (AvgIpc) is 3.41. The van der Waals surface area contributed by atoms with Crippen molar-refractivity contribution in [2.45, 2.75) is 32.9 Å². The van der Waals surface area contributed by atoms with Crippen molar-refractivity contribution in [2.24, 2.45) is 5.92 Å². The number of rotatable bonds is 7. The summed E-state index contributed by atoms with van der Waals surface area (Å²) in [5.74, 6) is 0.922. The van der Waals surface area contributed by atoms with Gasteiger partial charge in [0.15, 0.2) is 0 Å². The highest BCUT2D eigenvalue weighted by molar-refractivity contribution is 5.94. The Morgan fingerprint density at radius 3 is 2.66 bits per heavy atom. The molecular formula is C22H24N6O. The van der Waals surface area contributed by atoms with Crippen LogP contribution >= 0.6 is 0 Å². The minimum atomic E-state index is -0.185. The lowest BCUT2D eigenvalue weighted by atomic mass is 9.98. The van der Waals surface area contributed by atoms with Crippen molar-refractivity contribution in [3.05, 3.63) is 78.1 Å². The van der Waals surface area contributed by atoms with E-state index in [4.69, 9.17) is 4.98 Å². The van der Waals surface area contributed by atoms with Crippen molar-refractivity contribution in [1.29, 1.82) is 0 Å². The summed E-state index contributed by atoms with van der Waals surface area (Å²) < 4.78 is 1.75. The molecule has 0 aliphatic rings. The summed E-state index contributed by atoms with van der Waals surface area (Å²) in [5, 5.41) is 7.27. The van der Waals surface area contributed by atoms with Crippen LogP contribution in [-0.4, -0.2) is 30.6 Å². The lowest BCUT2D eigenvalue weighted by molar-refractivity contribution is 0.0920. The van der Waals surface area contributed by atoms with Crippen molar-refractivity contribution >= 4 is 16.9 Å². The van der Waals surface area contributed by atoms with Gasteiger partial charge in [0.2, 0.25) is 0 Å². The monoisotopic (exact) mass is 388 g/mol. The van der Waals surface area contributed by atoms with Crippen molar-refractivity contribution in [1.82, 2.24) is 30.0 Å². The van der Waals surface area contributed by atoms with Crippen LogP contribution < -0.4 is 5.32 Å². The minimum absolute atomic E-state index is 0.108. The van der Waals surface area contributed by atoms with Crippen molar-refractivity contribution in [3.8, 4) is 0 Å².